The molecule has 1 aromatic heterocycles. The highest BCUT2D eigenvalue weighted by Crippen LogP contribution is 2.36. The zero-order chi connectivity index (χ0) is 27.6. The van der Waals surface area contributed by atoms with Gasteiger partial charge in [-0.3, -0.25) is 4.79 Å². The van der Waals surface area contributed by atoms with Gasteiger partial charge in [0, 0.05) is 30.3 Å². The number of para-hydroxylation sites is 1. The van der Waals surface area contributed by atoms with Crippen molar-refractivity contribution in [3.8, 4) is 22.9 Å². The van der Waals surface area contributed by atoms with E-state index in [0.717, 1.165) is 48.4 Å². The van der Waals surface area contributed by atoms with E-state index >= 15 is 0 Å². The SMILES string of the molecule is COc1cc(N2CCCCC2)c(OC)cc1C=Nn1c(-c2cccc(C(F)(F)F)c2)nc2ccccc2c1=O. The first kappa shape index (κ1) is 26.3. The first-order valence-corrected chi connectivity index (χ1v) is 12.5. The van der Waals surface area contributed by atoms with Crippen molar-refractivity contribution in [2.24, 2.45) is 5.10 Å². The molecule has 4 aromatic rings. The van der Waals surface area contributed by atoms with Crippen LogP contribution in [0, 0.1) is 0 Å². The molecule has 1 aliphatic rings. The van der Waals surface area contributed by atoms with Crippen LogP contribution in [0.3, 0.4) is 0 Å². The molecule has 39 heavy (non-hydrogen) atoms. The van der Waals surface area contributed by atoms with E-state index in [-0.39, 0.29) is 16.8 Å². The van der Waals surface area contributed by atoms with Gasteiger partial charge in [-0.1, -0.05) is 24.3 Å². The summed E-state index contributed by atoms with van der Waals surface area (Å²) in [5.41, 5.74) is 0.532. The lowest BCUT2D eigenvalue weighted by molar-refractivity contribution is -0.137. The molecule has 0 N–H and O–H groups in total. The summed E-state index contributed by atoms with van der Waals surface area (Å²) in [5.74, 6) is 1.13. The minimum atomic E-state index is -4.55. The Morgan fingerprint density at radius 2 is 1.67 bits per heavy atom. The number of hydrogen-bond acceptors (Lipinski definition) is 6. The van der Waals surface area contributed by atoms with Gasteiger partial charge >= 0.3 is 6.18 Å². The van der Waals surface area contributed by atoms with E-state index in [1.165, 1.54) is 31.9 Å². The fraction of sp³-hybridized carbons (Fsp3) is 0.276. The number of fused-ring (bicyclic) bond motifs is 1. The van der Waals surface area contributed by atoms with E-state index in [1.807, 2.05) is 6.07 Å². The largest absolute Gasteiger partial charge is 0.496 e. The van der Waals surface area contributed by atoms with Crippen molar-refractivity contribution in [3.63, 3.8) is 0 Å². The second-order valence-corrected chi connectivity index (χ2v) is 9.21. The van der Waals surface area contributed by atoms with Crippen LogP contribution in [0.2, 0.25) is 0 Å². The predicted molar refractivity (Wildman–Crippen MR) is 145 cm³/mol. The fourth-order valence-electron chi connectivity index (χ4n) is 4.76. The maximum absolute atomic E-state index is 13.5. The van der Waals surface area contributed by atoms with Gasteiger partial charge in [0.1, 0.15) is 11.5 Å². The van der Waals surface area contributed by atoms with E-state index in [2.05, 4.69) is 15.0 Å². The number of anilines is 1. The molecule has 0 saturated carbocycles. The predicted octanol–water partition coefficient (Wildman–Crippen LogP) is 5.97. The summed E-state index contributed by atoms with van der Waals surface area (Å²) in [4.78, 5) is 20.2. The Bertz CT molecular complexity index is 1590. The van der Waals surface area contributed by atoms with Crippen molar-refractivity contribution in [1.82, 2.24) is 9.66 Å². The maximum atomic E-state index is 13.5. The van der Waals surface area contributed by atoms with Crippen molar-refractivity contribution in [3.05, 3.63) is 82.1 Å². The van der Waals surface area contributed by atoms with Gasteiger partial charge in [0.15, 0.2) is 5.82 Å². The zero-order valence-corrected chi connectivity index (χ0v) is 21.5. The van der Waals surface area contributed by atoms with Gasteiger partial charge in [-0.15, -0.1) is 0 Å². The van der Waals surface area contributed by atoms with Crippen molar-refractivity contribution in [2.45, 2.75) is 25.4 Å². The highest BCUT2D eigenvalue weighted by molar-refractivity contribution is 5.87. The number of alkyl halides is 3. The molecule has 0 aliphatic carbocycles. The highest BCUT2D eigenvalue weighted by Gasteiger charge is 2.31. The van der Waals surface area contributed by atoms with Crippen molar-refractivity contribution in [2.75, 3.05) is 32.2 Å². The summed E-state index contributed by atoms with van der Waals surface area (Å²) < 4.78 is 52.7. The van der Waals surface area contributed by atoms with Crippen molar-refractivity contribution >= 4 is 22.8 Å². The van der Waals surface area contributed by atoms with Crippen LogP contribution in [-0.2, 0) is 6.18 Å². The van der Waals surface area contributed by atoms with Crippen LogP contribution < -0.4 is 19.9 Å². The van der Waals surface area contributed by atoms with Gasteiger partial charge in [0.25, 0.3) is 5.56 Å². The highest BCUT2D eigenvalue weighted by atomic mass is 19.4. The molecule has 0 spiro atoms. The van der Waals surface area contributed by atoms with E-state index in [4.69, 9.17) is 9.47 Å². The van der Waals surface area contributed by atoms with Crippen LogP contribution in [0.4, 0.5) is 18.9 Å². The molecule has 0 radical (unpaired) electrons. The number of rotatable bonds is 6. The summed E-state index contributed by atoms with van der Waals surface area (Å²) in [6.07, 6.45) is 0.233. The van der Waals surface area contributed by atoms with Crippen molar-refractivity contribution in [1.29, 1.82) is 0 Å². The molecule has 0 amide bonds. The molecule has 5 rings (SSSR count). The Labute approximate surface area is 223 Å². The van der Waals surface area contributed by atoms with Crippen LogP contribution in [-0.4, -0.2) is 43.2 Å². The van der Waals surface area contributed by atoms with Crippen molar-refractivity contribution < 1.29 is 22.6 Å². The second kappa shape index (κ2) is 10.8. The summed E-state index contributed by atoms with van der Waals surface area (Å²) in [6, 6.07) is 15.0. The first-order valence-electron chi connectivity index (χ1n) is 12.5. The molecule has 10 heteroatoms. The summed E-state index contributed by atoms with van der Waals surface area (Å²) >= 11 is 0. The van der Waals surface area contributed by atoms with E-state index < -0.39 is 17.3 Å². The number of methoxy groups -OCH3 is 2. The smallest absolute Gasteiger partial charge is 0.416 e. The van der Waals surface area contributed by atoms with Gasteiger partial charge in [-0.25, -0.2) is 4.98 Å². The Morgan fingerprint density at radius 3 is 2.38 bits per heavy atom. The Hall–Kier alpha value is -4.34. The molecule has 0 atom stereocenters. The third-order valence-electron chi connectivity index (χ3n) is 6.74. The molecular formula is C29H27F3N4O3. The first-order chi connectivity index (χ1) is 18.8. The van der Waals surface area contributed by atoms with Gasteiger partial charge in [0.05, 0.1) is 42.6 Å². The number of halogens is 3. The average Bonchev–Trinajstić information content (AvgIpc) is 2.96. The zero-order valence-electron chi connectivity index (χ0n) is 21.5. The van der Waals surface area contributed by atoms with Gasteiger partial charge < -0.3 is 14.4 Å². The molecule has 3 aromatic carbocycles. The average molecular weight is 537 g/mol. The van der Waals surface area contributed by atoms with Crippen LogP contribution in [0.1, 0.15) is 30.4 Å². The number of ether oxygens (including phenoxy) is 2. The van der Waals surface area contributed by atoms with Gasteiger partial charge in [-0.2, -0.15) is 22.9 Å². The molecule has 0 bridgehead atoms. The van der Waals surface area contributed by atoms with Crippen LogP contribution in [0.5, 0.6) is 11.5 Å². The maximum Gasteiger partial charge on any atom is 0.416 e. The molecular weight excluding hydrogens is 509 g/mol. The Balaban J connectivity index is 1.65. The molecule has 0 unspecified atom stereocenters. The van der Waals surface area contributed by atoms with Crippen LogP contribution in [0.15, 0.2) is 70.6 Å². The molecule has 1 saturated heterocycles. The lowest BCUT2D eigenvalue weighted by atomic mass is 10.1. The van der Waals surface area contributed by atoms with E-state index in [0.29, 0.717) is 22.6 Å². The van der Waals surface area contributed by atoms with Gasteiger partial charge in [-0.05, 0) is 49.6 Å². The fourth-order valence-corrected chi connectivity index (χ4v) is 4.76. The second-order valence-electron chi connectivity index (χ2n) is 9.21. The van der Waals surface area contributed by atoms with Gasteiger partial charge in [0.2, 0.25) is 0 Å². The molecule has 2 heterocycles. The van der Waals surface area contributed by atoms with Crippen LogP contribution in [0.25, 0.3) is 22.3 Å². The molecule has 7 nitrogen and oxygen atoms in total. The number of benzene rings is 3. The number of aromatic nitrogens is 2. The number of piperidine rings is 1. The van der Waals surface area contributed by atoms with E-state index in [9.17, 15) is 18.0 Å². The topological polar surface area (TPSA) is 69.0 Å². The number of hydrogen-bond donors (Lipinski definition) is 0. The van der Waals surface area contributed by atoms with Crippen LogP contribution >= 0.6 is 0 Å². The minimum Gasteiger partial charge on any atom is -0.496 e. The monoisotopic (exact) mass is 536 g/mol. The molecule has 1 fully saturated rings. The summed E-state index contributed by atoms with van der Waals surface area (Å²) in [6.45, 7) is 1.82. The Kier molecular flexibility index (Phi) is 7.28. The third-order valence-corrected chi connectivity index (χ3v) is 6.74. The third kappa shape index (κ3) is 5.32. The summed E-state index contributed by atoms with van der Waals surface area (Å²) in [7, 11) is 3.12. The number of nitrogens with zero attached hydrogens (tertiary/aromatic N) is 4. The quantitative estimate of drug-likeness (QED) is 0.284. The molecule has 202 valence electrons. The van der Waals surface area contributed by atoms with E-state index in [1.54, 1.807) is 37.4 Å². The lowest BCUT2D eigenvalue weighted by Gasteiger charge is -2.30. The standard InChI is InChI=1S/C29H27F3N4O3/c1-38-25-17-24(35-13-6-3-7-14-35)26(39-2)16-20(25)18-33-36-27(19-9-8-10-21(15-19)29(30,31)32)34-23-12-5-4-11-22(23)28(36)37/h4-5,8-12,15-18H,3,6-7,13-14H2,1-2H3. The minimum absolute atomic E-state index is 0.0167. The summed E-state index contributed by atoms with van der Waals surface area (Å²) in [5, 5.41) is 4.69. The lowest BCUT2D eigenvalue weighted by Crippen LogP contribution is -2.29. The normalized spacial score (nSPS) is 14.2. The molecule has 1 aliphatic heterocycles. The Morgan fingerprint density at radius 1 is 0.923 bits per heavy atom.